The Bertz CT molecular complexity index is 1260. The molecule has 0 spiro atoms. The molecule has 4 heterocycles. The predicted octanol–water partition coefficient (Wildman–Crippen LogP) is 3.19. The minimum absolute atomic E-state index is 0.0290. The molecule has 0 radical (unpaired) electrons. The smallest absolute Gasteiger partial charge is 0.356 e. The van der Waals surface area contributed by atoms with Crippen molar-refractivity contribution in [1.29, 1.82) is 0 Å². The number of aromatic carboxylic acids is 1. The van der Waals surface area contributed by atoms with Crippen LogP contribution in [0.3, 0.4) is 0 Å². The van der Waals surface area contributed by atoms with Crippen molar-refractivity contribution in [3.05, 3.63) is 28.2 Å². The van der Waals surface area contributed by atoms with Crippen LogP contribution < -0.4 is 15.5 Å². The molecule has 13 heteroatoms. The molecule has 1 aliphatic rings. The van der Waals surface area contributed by atoms with Gasteiger partial charge in [0, 0.05) is 31.2 Å². The molecule has 0 aliphatic carbocycles. The molecule has 0 aromatic carbocycles. The lowest BCUT2D eigenvalue weighted by atomic mass is 9.97. The Morgan fingerprint density at radius 1 is 1.19 bits per heavy atom. The summed E-state index contributed by atoms with van der Waals surface area (Å²) in [4.78, 5) is 47.1. The van der Waals surface area contributed by atoms with Gasteiger partial charge in [0.05, 0.1) is 5.69 Å². The SMILES string of the molecule is CCc1[nH]c(C(=O)N[C@@H]2CCN(c3nc4nc(C)nc(C(=O)O)c4s3)C[C@@H]2NC(CC)CC)nc1Cl. The first-order chi connectivity index (χ1) is 17.2. The summed E-state index contributed by atoms with van der Waals surface area (Å²) in [5.41, 5.74) is 1.10. The maximum atomic E-state index is 13.0. The average Bonchev–Trinajstić information content (AvgIpc) is 3.45. The number of aromatic nitrogens is 5. The molecule has 2 atom stereocenters. The Balaban J connectivity index is 1.57. The van der Waals surface area contributed by atoms with Gasteiger partial charge in [-0.25, -0.2) is 19.7 Å². The fourth-order valence-corrected chi connectivity index (χ4v) is 5.75. The monoisotopic (exact) mass is 534 g/mol. The summed E-state index contributed by atoms with van der Waals surface area (Å²) in [6.45, 7) is 9.10. The molecule has 11 nitrogen and oxygen atoms in total. The fourth-order valence-electron chi connectivity index (χ4n) is 4.46. The number of carbonyl (C=O) groups excluding carboxylic acids is 1. The molecular weight excluding hydrogens is 504 g/mol. The Labute approximate surface area is 218 Å². The second kappa shape index (κ2) is 11.1. The molecule has 1 fully saturated rings. The van der Waals surface area contributed by atoms with E-state index in [4.69, 9.17) is 11.6 Å². The third-order valence-electron chi connectivity index (χ3n) is 6.49. The third kappa shape index (κ3) is 5.45. The number of amides is 1. The van der Waals surface area contributed by atoms with Crippen LogP contribution in [0, 0.1) is 6.92 Å². The maximum Gasteiger partial charge on any atom is 0.356 e. The van der Waals surface area contributed by atoms with Crippen LogP contribution in [0.15, 0.2) is 0 Å². The molecule has 4 N–H and O–H groups in total. The van der Waals surface area contributed by atoms with Gasteiger partial charge in [0.2, 0.25) is 0 Å². The number of halogens is 1. The molecule has 36 heavy (non-hydrogen) atoms. The first-order valence-electron chi connectivity index (χ1n) is 12.2. The van der Waals surface area contributed by atoms with Crippen molar-refractivity contribution in [2.45, 2.75) is 71.5 Å². The maximum absolute atomic E-state index is 13.0. The average molecular weight is 535 g/mol. The van der Waals surface area contributed by atoms with Crippen molar-refractivity contribution in [2.24, 2.45) is 0 Å². The number of hydrogen-bond acceptors (Lipinski definition) is 9. The second-order valence-electron chi connectivity index (χ2n) is 8.88. The zero-order chi connectivity index (χ0) is 26.0. The summed E-state index contributed by atoms with van der Waals surface area (Å²) < 4.78 is 0.462. The molecule has 0 unspecified atom stereocenters. The number of aromatic amines is 1. The van der Waals surface area contributed by atoms with E-state index < -0.39 is 5.97 Å². The van der Waals surface area contributed by atoms with Crippen molar-refractivity contribution in [1.82, 2.24) is 35.6 Å². The summed E-state index contributed by atoms with van der Waals surface area (Å²) in [7, 11) is 0. The molecule has 4 rings (SSSR count). The molecule has 1 saturated heterocycles. The number of nitrogens with zero attached hydrogens (tertiary/aromatic N) is 5. The van der Waals surface area contributed by atoms with Gasteiger partial charge in [0.25, 0.3) is 5.91 Å². The van der Waals surface area contributed by atoms with Gasteiger partial charge in [-0.1, -0.05) is 43.7 Å². The van der Waals surface area contributed by atoms with Crippen LogP contribution >= 0.6 is 22.9 Å². The van der Waals surface area contributed by atoms with Crippen molar-refractivity contribution in [3.63, 3.8) is 0 Å². The molecule has 0 saturated carbocycles. The minimum atomic E-state index is -1.10. The van der Waals surface area contributed by atoms with Crippen LogP contribution in [0.25, 0.3) is 10.3 Å². The minimum Gasteiger partial charge on any atom is -0.476 e. The highest BCUT2D eigenvalue weighted by Crippen LogP contribution is 2.32. The predicted molar refractivity (Wildman–Crippen MR) is 139 cm³/mol. The van der Waals surface area contributed by atoms with Crippen LogP contribution in [0.5, 0.6) is 0 Å². The van der Waals surface area contributed by atoms with Gasteiger partial charge in [-0.05, 0) is 32.6 Å². The van der Waals surface area contributed by atoms with Crippen LogP contribution in [0.4, 0.5) is 5.13 Å². The first-order valence-corrected chi connectivity index (χ1v) is 13.4. The number of carbonyl (C=O) groups is 2. The number of hydrogen-bond donors (Lipinski definition) is 4. The number of anilines is 1. The zero-order valence-corrected chi connectivity index (χ0v) is 22.3. The van der Waals surface area contributed by atoms with Crippen molar-refractivity contribution in [3.8, 4) is 0 Å². The molecule has 1 aliphatic heterocycles. The normalized spacial score (nSPS) is 18.2. The van der Waals surface area contributed by atoms with Gasteiger partial charge in [0.1, 0.15) is 10.5 Å². The lowest BCUT2D eigenvalue weighted by Gasteiger charge is -2.40. The molecule has 3 aromatic rings. The number of nitrogens with one attached hydrogen (secondary N) is 3. The number of H-pyrrole nitrogens is 1. The van der Waals surface area contributed by atoms with Crippen LogP contribution in [-0.2, 0) is 6.42 Å². The number of piperidine rings is 1. The highest BCUT2D eigenvalue weighted by molar-refractivity contribution is 7.22. The summed E-state index contributed by atoms with van der Waals surface area (Å²) in [5, 5.41) is 17.4. The Kier molecular flexibility index (Phi) is 8.06. The van der Waals surface area contributed by atoms with Gasteiger partial charge < -0.3 is 25.6 Å². The summed E-state index contributed by atoms with van der Waals surface area (Å²) in [5.74, 6) is -0.805. The van der Waals surface area contributed by atoms with E-state index >= 15 is 0 Å². The largest absolute Gasteiger partial charge is 0.476 e. The second-order valence-corrected chi connectivity index (χ2v) is 10.2. The van der Waals surface area contributed by atoms with Gasteiger partial charge in [-0.15, -0.1) is 0 Å². The summed E-state index contributed by atoms with van der Waals surface area (Å²) >= 11 is 7.42. The third-order valence-corrected chi connectivity index (χ3v) is 7.91. The Morgan fingerprint density at radius 2 is 1.94 bits per heavy atom. The van der Waals surface area contributed by atoms with Gasteiger partial charge in [0.15, 0.2) is 27.5 Å². The number of rotatable bonds is 9. The number of thiazole rings is 1. The molecule has 194 valence electrons. The van der Waals surface area contributed by atoms with E-state index in [2.05, 4.69) is 54.3 Å². The number of fused-ring (bicyclic) bond motifs is 1. The van der Waals surface area contributed by atoms with Gasteiger partial charge in [-0.3, -0.25) is 4.79 Å². The fraction of sp³-hybridized carbons (Fsp3) is 0.565. The quantitative estimate of drug-likeness (QED) is 0.324. The Morgan fingerprint density at radius 3 is 2.58 bits per heavy atom. The van der Waals surface area contributed by atoms with E-state index in [1.807, 2.05) is 6.92 Å². The summed E-state index contributed by atoms with van der Waals surface area (Å²) in [6, 6.07) is 0.110. The summed E-state index contributed by atoms with van der Waals surface area (Å²) in [6.07, 6.45) is 3.25. The van der Waals surface area contributed by atoms with Crippen LogP contribution in [0.1, 0.15) is 72.7 Å². The first kappa shape index (κ1) is 26.2. The van der Waals surface area contributed by atoms with E-state index in [0.29, 0.717) is 58.4 Å². The van der Waals surface area contributed by atoms with Gasteiger partial charge >= 0.3 is 5.97 Å². The highest BCUT2D eigenvalue weighted by Gasteiger charge is 2.34. The number of carboxylic acids is 1. The molecule has 3 aromatic heterocycles. The van der Waals surface area contributed by atoms with Crippen LogP contribution in [0.2, 0.25) is 5.15 Å². The zero-order valence-electron chi connectivity index (χ0n) is 20.8. The standard InChI is InChI=1S/C23H31ClN8O3S/c1-5-12(6-2)27-15-10-32(23-31-19-17(36-23)16(22(34)35)25-11(4)26-19)9-8-14(15)29-21(33)20-28-13(7-3)18(24)30-20/h12,14-15,27H,5-10H2,1-4H3,(H,28,30)(H,29,33)(H,34,35)/t14-,15+/m1/s1. The molecular formula is C23H31ClN8O3S. The molecule has 0 bridgehead atoms. The van der Waals surface area contributed by atoms with E-state index in [9.17, 15) is 14.7 Å². The van der Waals surface area contributed by atoms with E-state index in [-0.39, 0.29) is 29.5 Å². The van der Waals surface area contributed by atoms with E-state index in [1.54, 1.807) is 6.92 Å². The lowest BCUT2D eigenvalue weighted by Crippen LogP contribution is -2.61. The molecule has 1 amide bonds. The van der Waals surface area contributed by atoms with Crippen molar-refractivity contribution < 1.29 is 14.7 Å². The van der Waals surface area contributed by atoms with Gasteiger partial charge in [-0.2, -0.15) is 4.98 Å². The van der Waals surface area contributed by atoms with E-state index in [0.717, 1.165) is 18.5 Å². The number of carboxylic acid groups (broad SMARTS) is 1. The topological polar surface area (TPSA) is 149 Å². The van der Waals surface area contributed by atoms with Crippen molar-refractivity contribution in [2.75, 3.05) is 18.0 Å². The highest BCUT2D eigenvalue weighted by atomic mass is 35.5. The lowest BCUT2D eigenvalue weighted by molar-refractivity contribution is 0.0692. The number of aryl methyl sites for hydroxylation is 2. The van der Waals surface area contributed by atoms with Crippen molar-refractivity contribution >= 4 is 50.3 Å². The van der Waals surface area contributed by atoms with Crippen LogP contribution in [-0.4, -0.2) is 73.1 Å². The Hall–Kier alpha value is -2.83. The number of imidazole rings is 1. The van der Waals surface area contributed by atoms with E-state index in [1.165, 1.54) is 11.3 Å².